The van der Waals surface area contributed by atoms with E-state index in [2.05, 4.69) is 20.4 Å². The number of amides is 1. The smallest absolute Gasteiger partial charge is 0.258 e. The van der Waals surface area contributed by atoms with Gasteiger partial charge >= 0.3 is 0 Å². The molecule has 0 unspecified atom stereocenters. The minimum Gasteiger partial charge on any atom is -0.493 e. The monoisotopic (exact) mass is 435 g/mol. The number of hydrogen-bond donors (Lipinski definition) is 1. The van der Waals surface area contributed by atoms with Gasteiger partial charge in [0, 0.05) is 11.6 Å². The number of rotatable bonds is 7. The molecule has 9 heteroatoms. The number of methoxy groups -OCH3 is 1. The maximum atomic E-state index is 14.1. The van der Waals surface area contributed by atoms with Crippen molar-refractivity contribution >= 4 is 11.6 Å². The summed E-state index contributed by atoms with van der Waals surface area (Å²) in [6.45, 7) is 3.53. The molecule has 0 bridgehead atoms. The van der Waals surface area contributed by atoms with Crippen LogP contribution in [0.3, 0.4) is 0 Å². The number of halogens is 1. The average Bonchev–Trinajstić information content (AvgIpc) is 3.22. The largest absolute Gasteiger partial charge is 0.493 e. The van der Waals surface area contributed by atoms with E-state index < -0.39 is 6.04 Å². The molecule has 0 spiro atoms. The number of nitrogens with zero attached hydrogens (tertiary/aromatic N) is 4. The van der Waals surface area contributed by atoms with Gasteiger partial charge in [-0.05, 0) is 43.7 Å². The summed E-state index contributed by atoms with van der Waals surface area (Å²) < 4.78 is 26.4. The molecule has 0 radical (unpaired) electrons. The van der Waals surface area contributed by atoms with E-state index in [1.54, 1.807) is 44.4 Å². The summed E-state index contributed by atoms with van der Waals surface area (Å²) in [5.41, 5.74) is 2.35. The van der Waals surface area contributed by atoms with Gasteiger partial charge in [-0.25, -0.2) is 18.9 Å². The minimum absolute atomic E-state index is 0.184. The highest BCUT2D eigenvalue weighted by molar-refractivity contribution is 5.78. The van der Waals surface area contributed by atoms with E-state index in [9.17, 15) is 9.18 Å². The first kappa shape index (κ1) is 21.2. The Labute approximate surface area is 184 Å². The Bertz CT molecular complexity index is 1270. The summed E-state index contributed by atoms with van der Waals surface area (Å²) in [7, 11) is 1.55. The molecule has 0 saturated carbocycles. The second-order valence-corrected chi connectivity index (χ2v) is 7.26. The van der Waals surface area contributed by atoms with E-state index >= 15 is 0 Å². The highest BCUT2D eigenvalue weighted by Gasteiger charge is 2.17. The zero-order valence-electron chi connectivity index (χ0n) is 17.9. The van der Waals surface area contributed by atoms with Crippen LogP contribution in [0.5, 0.6) is 11.5 Å². The molecule has 0 fully saturated rings. The van der Waals surface area contributed by atoms with E-state index in [0.717, 1.165) is 5.56 Å². The summed E-state index contributed by atoms with van der Waals surface area (Å²) in [6, 6.07) is 13.0. The zero-order chi connectivity index (χ0) is 22.7. The molecule has 2 aromatic heterocycles. The van der Waals surface area contributed by atoms with Gasteiger partial charge in [0.1, 0.15) is 12.1 Å². The minimum atomic E-state index is -0.470. The van der Waals surface area contributed by atoms with Gasteiger partial charge in [0.25, 0.3) is 5.91 Å². The van der Waals surface area contributed by atoms with Crippen LogP contribution >= 0.6 is 0 Å². The van der Waals surface area contributed by atoms with Crippen molar-refractivity contribution < 1.29 is 18.7 Å². The van der Waals surface area contributed by atoms with Crippen LogP contribution < -0.4 is 14.8 Å². The average molecular weight is 435 g/mol. The molecule has 0 saturated heterocycles. The highest BCUT2D eigenvalue weighted by Crippen LogP contribution is 2.27. The standard InChI is InChI=1S/C23H22FN5O3/c1-14-8-9-19(20(10-14)31-3)32-12-22(30)26-15(2)23-27-21-11-18(25-13-29(21)28-23)16-6-4-5-7-17(16)24/h4-11,13,15H,12H2,1-3H3,(H,26,30)/t15-/m0/s1. The first-order valence-electron chi connectivity index (χ1n) is 9.98. The van der Waals surface area contributed by atoms with Crippen molar-refractivity contribution in [3.05, 3.63) is 72.1 Å². The third-order valence-electron chi connectivity index (χ3n) is 4.84. The van der Waals surface area contributed by atoms with Crippen molar-refractivity contribution in [2.24, 2.45) is 0 Å². The van der Waals surface area contributed by atoms with Gasteiger partial charge in [-0.2, -0.15) is 0 Å². The van der Waals surface area contributed by atoms with Crippen LogP contribution in [0, 0.1) is 12.7 Å². The molecular formula is C23H22FN5O3. The van der Waals surface area contributed by atoms with Crippen LogP contribution in [-0.2, 0) is 4.79 Å². The fourth-order valence-electron chi connectivity index (χ4n) is 3.20. The Hall–Kier alpha value is -4.01. The summed E-state index contributed by atoms with van der Waals surface area (Å²) >= 11 is 0. The van der Waals surface area contributed by atoms with Crippen molar-refractivity contribution in [2.45, 2.75) is 19.9 Å². The molecule has 1 atom stereocenters. The fraction of sp³-hybridized carbons (Fsp3) is 0.217. The highest BCUT2D eigenvalue weighted by atomic mass is 19.1. The number of aryl methyl sites for hydroxylation is 1. The molecule has 2 heterocycles. The maximum Gasteiger partial charge on any atom is 0.258 e. The van der Waals surface area contributed by atoms with Crippen LogP contribution in [0.15, 0.2) is 54.9 Å². The molecule has 2 aromatic carbocycles. The molecule has 4 rings (SSSR count). The van der Waals surface area contributed by atoms with E-state index in [4.69, 9.17) is 9.47 Å². The number of nitrogens with one attached hydrogen (secondary N) is 1. The molecule has 0 aliphatic carbocycles. The van der Waals surface area contributed by atoms with Gasteiger partial charge in [-0.1, -0.05) is 18.2 Å². The number of ether oxygens (including phenoxy) is 2. The number of carbonyl (C=O) groups is 1. The number of carbonyl (C=O) groups excluding carboxylic acids is 1. The predicted octanol–water partition coefficient (Wildman–Crippen LogP) is 3.50. The Kier molecular flexibility index (Phi) is 5.98. The summed E-state index contributed by atoms with van der Waals surface area (Å²) in [6.07, 6.45) is 1.47. The molecule has 1 N–H and O–H groups in total. The van der Waals surface area contributed by atoms with Crippen molar-refractivity contribution in [3.63, 3.8) is 0 Å². The predicted molar refractivity (Wildman–Crippen MR) is 116 cm³/mol. The lowest BCUT2D eigenvalue weighted by molar-refractivity contribution is -0.123. The molecule has 8 nitrogen and oxygen atoms in total. The molecule has 0 aliphatic heterocycles. The third-order valence-corrected chi connectivity index (χ3v) is 4.84. The quantitative estimate of drug-likeness (QED) is 0.478. The van der Waals surface area contributed by atoms with Gasteiger partial charge in [0.05, 0.1) is 18.8 Å². The maximum absolute atomic E-state index is 14.1. The normalized spacial score (nSPS) is 11.9. The molecule has 0 aliphatic rings. The van der Waals surface area contributed by atoms with E-state index in [1.807, 2.05) is 19.1 Å². The van der Waals surface area contributed by atoms with Crippen molar-refractivity contribution in [3.8, 4) is 22.8 Å². The van der Waals surface area contributed by atoms with Gasteiger partial charge in [0.2, 0.25) is 0 Å². The SMILES string of the molecule is COc1cc(C)ccc1OCC(=O)N[C@@H](C)c1nc2cc(-c3ccccc3F)ncn2n1. The number of hydrogen-bond acceptors (Lipinski definition) is 6. The van der Waals surface area contributed by atoms with Crippen LogP contribution in [-0.4, -0.2) is 39.2 Å². The first-order chi connectivity index (χ1) is 15.4. The molecular weight excluding hydrogens is 413 g/mol. The van der Waals surface area contributed by atoms with Crippen LogP contribution in [0.2, 0.25) is 0 Å². The Morgan fingerprint density at radius 1 is 1.19 bits per heavy atom. The lowest BCUT2D eigenvalue weighted by Crippen LogP contribution is -2.31. The third kappa shape index (κ3) is 4.51. The summed E-state index contributed by atoms with van der Waals surface area (Å²) in [5, 5.41) is 7.16. The second kappa shape index (κ2) is 9.01. The summed E-state index contributed by atoms with van der Waals surface area (Å²) in [5.74, 6) is 0.752. The van der Waals surface area contributed by atoms with Crippen LogP contribution in [0.1, 0.15) is 24.4 Å². The van der Waals surface area contributed by atoms with E-state index in [0.29, 0.717) is 34.2 Å². The number of aromatic nitrogens is 4. The Morgan fingerprint density at radius 2 is 2.00 bits per heavy atom. The number of benzene rings is 2. The van der Waals surface area contributed by atoms with Gasteiger partial charge in [-0.3, -0.25) is 4.79 Å². The van der Waals surface area contributed by atoms with Gasteiger partial charge in [-0.15, -0.1) is 5.10 Å². The first-order valence-corrected chi connectivity index (χ1v) is 9.98. The fourth-order valence-corrected chi connectivity index (χ4v) is 3.20. The molecule has 164 valence electrons. The second-order valence-electron chi connectivity index (χ2n) is 7.26. The van der Waals surface area contributed by atoms with Crippen molar-refractivity contribution in [2.75, 3.05) is 13.7 Å². The molecule has 32 heavy (non-hydrogen) atoms. The number of fused-ring (bicyclic) bond motifs is 1. The van der Waals surface area contributed by atoms with Crippen molar-refractivity contribution in [1.82, 2.24) is 24.9 Å². The topological polar surface area (TPSA) is 90.6 Å². The van der Waals surface area contributed by atoms with Gasteiger partial charge < -0.3 is 14.8 Å². The lowest BCUT2D eigenvalue weighted by Gasteiger charge is -2.13. The Morgan fingerprint density at radius 3 is 2.78 bits per heavy atom. The van der Waals surface area contributed by atoms with Crippen LogP contribution in [0.25, 0.3) is 16.9 Å². The summed E-state index contributed by atoms with van der Waals surface area (Å²) in [4.78, 5) is 21.1. The van der Waals surface area contributed by atoms with Crippen LogP contribution in [0.4, 0.5) is 4.39 Å². The van der Waals surface area contributed by atoms with Gasteiger partial charge in [0.15, 0.2) is 29.6 Å². The molecule has 4 aromatic rings. The van der Waals surface area contributed by atoms with E-state index in [-0.39, 0.29) is 18.3 Å². The van der Waals surface area contributed by atoms with Crippen molar-refractivity contribution in [1.29, 1.82) is 0 Å². The molecule has 1 amide bonds. The van der Waals surface area contributed by atoms with E-state index in [1.165, 1.54) is 16.9 Å². The lowest BCUT2D eigenvalue weighted by atomic mass is 10.1. The Balaban J connectivity index is 1.44. The zero-order valence-corrected chi connectivity index (χ0v) is 17.9.